The van der Waals surface area contributed by atoms with E-state index in [9.17, 15) is 24.5 Å². The van der Waals surface area contributed by atoms with Crippen molar-refractivity contribution in [1.29, 1.82) is 0 Å². The van der Waals surface area contributed by atoms with E-state index < -0.39 is 33.8 Å². The second kappa shape index (κ2) is 8.55. The lowest BCUT2D eigenvalue weighted by molar-refractivity contribution is -0.384. The van der Waals surface area contributed by atoms with Crippen LogP contribution in [0.1, 0.15) is 58.5 Å². The first-order valence-electron chi connectivity index (χ1n) is 12.7. The van der Waals surface area contributed by atoms with Gasteiger partial charge in [0.05, 0.1) is 17.0 Å². The van der Waals surface area contributed by atoms with Crippen molar-refractivity contribution in [1.82, 2.24) is 0 Å². The van der Waals surface area contributed by atoms with E-state index in [1.165, 1.54) is 12.1 Å². The van der Waals surface area contributed by atoms with Crippen molar-refractivity contribution >= 4 is 50.7 Å². The monoisotopic (exact) mass is 584 g/mol. The van der Waals surface area contributed by atoms with Gasteiger partial charge in [-0.15, -0.1) is 0 Å². The standard InChI is InChI=1S/C31H25BrN2O5/c1-30(2,3)29(37)26-25(17-8-12-20(13-9-17)34(38)39)31(27(35)21-6-4-5-7-22(21)28(31)36)24-15-10-18-16-19(32)11-14-23(18)33(24)26/h4-16,24-26H,1-3H3/t24-,25-,26-/m1/s1. The number of nitro benzene ring substituents is 1. The summed E-state index contributed by atoms with van der Waals surface area (Å²) in [5.74, 6) is -1.64. The van der Waals surface area contributed by atoms with Gasteiger partial charge in [-0.05, 0) is 29.3 Å². The molecule has 0 radical (unpaired) electrons. The molecule has 0 bridgehead atoms. The first-order valence-corrected chi connectivity index (χ1v) is 13.5. The SMILES string of the molecule is CC(C)(C)C(=O)[C@H]1[C@@H](c2ccc([N+](=O)[O-])cc2)C2(C(=O)c3ccccc3C2=O)[C@H]2C=Cc3cc(Br)ccc3N12. The molecule has 0 saturated carbocycles. The molecule has 3 aromatic carbocycles. The van der Waals surface area contributed by atoms with Crippen LogP contribution >= 0.6 is 15.9 Å². The number of fused-ring (bicyclic) bond motifs is 5. The minimum atomic E-state index is -1.62. The normalized spacial score (nSPS) is 22.6. The van der Waals surface area contributed by atoms with Gasteiger partial charge in [-0.2, -0.15) is 0 Å². The summed E-state index contributed by atoms with van der Waals surface area (Å²) in [4.78, 5) is 56.3. The van der Waals surface area contributed by atoms with Gasteiger partial charge in [0.25, 0.3) is 5.69 Å². The summed E-state index contributed by atoms with van der Waals surface area (Å²) in [6.45, 7) is 5.49. The molecule has 0 unspecified atom stereocenters. The van der Waals surface area contributed by atoms with Crippen molar-refractivity contribution < 1.29 is 19.3 Å². The van der Waals surface area contributed by atoms with Crippen LogP contribution in [-0.4, -0.2) is 34.4 Å². The lowest BCUT2D eigenvalue weighted by atomic mass is 9.63. The van der Waals surface area contributed by atoms with Crippen molar-refractivity contribution in [2.45, 2.75) is 38.8 Å². The topological polar surface area (TPSA) is 97.6 Å². The maximum Gasteiger partial charge on any atom is 0.269 e. The number of ketones is 3. The predicted molar refractivity (Wildman–Crippen MR) is 151 cm³/mol. The number of rotatable bonds is 3. The maximum atomic E-state index is 14.5. The summed E-state index contributed by atoms with van der Waals surface area (Å²) in [5, 5.41) is 11.4. The van der Waals surface area contributed by atoms with Crippen LogP contribution in [0.4, 0.5) is 11.4 Å². The van der Waals surface area contributed by atoms with E-state index in [0.29, 0.717) is 16.7 Å². The van der Waals surface area contributed by atoms with Gasteiger partial charge in [0.1, 0.15) is 5.41 Å². The van der Waals surface area contributed by atoms with Gasteiger partial charge < -0.3 is 4.90 Å². The molecule has 39 heavy (non-hydrogen) atoms. The largest absolute Gasteiger partial charge is 0.352 e. The molecule has 196 valence electrons. The van der Waals surface area contributed by atoms with E-state index in [2.05, 4.69) is 15.9 Å². The average Bonchev–Trinajstić information content (AvgIpc) is 3.33. The summed E-state index contributed by atoms with van der Waals surface area (Å²) >= 11 is 3.52. The number of nitrogens with zero attached hydrogens (tertiary/aromatic N) is 2. The van der Waals surface area contributed by atoms with Gasteiger partial charge in [-0.3, -0.25) is 24.5 Å². The molecular formula is C31H25BrN2O5. The van der Waals surface area contributed by atoms with Crippen LogP contribution in [0.15, 0.2) is 77.3 Å². The van der Waals surface area contributed by atoms with E-state index in [1.807, 2.05) is 56.0 Å². The Labute approximate surface area is 233 Å². The lowest BCUT2D eigenvalue weighted by Gasteiger charge is -2.38. The van der Waals surface area contributed by atoms with Crippen LogP contribution < -0.4 is 4.90 Å². The van der Waals surface area contributed by atoms with Gasteiger partial charge in [0, 0.05) is 44.8 Å². The molecule has 3 aromatic rings. The highest BCUT2D eigenvalue weighted by Gasteiger charge is 2.71. The summed E-state index contributed by atoms with van der Waals surface area (Å²) in [7, 11) is 0. The van der Waals surface area contributed by atoms with Crippen LogP contribution in [0.3, 0.4) is 0 Å². The Hall–Kier alpha value is -3.91. The maximum absolute atomic E-state index is 14.5. The molecule has 2 aliphatic heterocycles. The number of Topliss-reactive ketones (excluding diaryl/α,β-unsaturated/α-hetero) is 3. The highest BCUT2D eigenvalue weighted by molar-refractivity contribution is 9.10. The molecule has 0 N–H and O–H groups in total. The van der Waals surface area contributed by atoms with E-state index in [4.69, 9.17) is 0 Å². The average molecular weight is 585 g/mol. The summed E-state index contributed by atoms with van der Waals surface area (Å²) < 4.78 is 0.865. The summed E-state index contributed by atoms with van der Waals surface area (Å²) in [5.41, 5.74) is 0.321. The minimum absolute atomic E-state index is 0.107. The highest BCUT2D eigenvalue weighted by atomic mass is 79.9. The number of carbonyl (C=O) groups is 3. The molecule has 1 aliphatic carbocycles. The van der Waals surface area contributed by atoms with Crippen LogP contribution in [-0.2, 0) is 4.79 Å². The second-order valence-electron chi connectivity index (χ2n) is 11.4. The molecule has 1 saturated heterocycles. The summed E-state index contributed by atoms with van der Waals surface area (Å²) in [6, 6.07) is 16.8. The van der Waals surface area contributed by atoms with Gasteiger partial charge in [0.2, 0.25) is 0 Å². The molecule has 2 heterocycles. The smallest absolute Gasteiger partial charge is 0.269 e. The Morgan fingerprint density at radius 1 is 0.974 bits per heavy atom. The number of halogens is 1. The number of anilines is 1. The number of non-ortho nitro benzene ring substituents is 1. The zero-order valence-electron chi connectivity index (χ0n) is 21.6. The fraction of sp³-hybridized carbons (Fsp3) is 0.258. The van der Waals surface area contributed by atoms with Crippen molar-refractivity contribution in [2.24, 2.45) is 10.8 Å². The summed E-state index contributed by atoms with van der Waals surface area (Å²) in [6.07, 6.45) is 3.77. The Morgan fingerprint density at radius 3 is 2.15 bits per heavy atom. The number of benzene rings is 3. The van der Waals surface area contributed by atoms with E-state index >= 15 is 0 Å². The fourth-order valence-corrected chi connectivity index (χ4v) is 6.95. The Kier molecular flexibility index (Phi) is 5.56. The molecule has 0 aromatic heterocycles. The second-order valence-corrected chi connectivity index (χ2v) is 12.3. The Balaban J connectivity index is 1.68. The first-order chi connectivity index (χ1) is 18.5. The van der Waals surface area contributed by atoms with Crippen LogP contribution in [0.25, 0.3) is 6.08 Å². The number of hydrogen-bond acceptors (Lipinski definition) is 6. The molecule has 1 spiro atoms. The van der Waals surface area contributed by atoms with Gasteiger partial charge >= 0.3 is 0 Å². The van der Waals surface area contributed by atoms with E-state index in [0.717, 1.165) is 15.7 Å². The molecular weight excluding hydrogens is 560 g/mol. The number of hydrogen-bond donors (Lipinski definition) is 0. The van der Waals surface area contributed by atoms with Crippen molar-refractivity contribution in [3.63, 3.8) is 0 Å². The quantitative estimate of drug-likeness (QED) is 0.200. The van der Waals surface area contributed by atoms with E-state index in [1.54, 1.807) is 36.4 Å². The lowest BCUT2D eigenvalue weighted by Crippen LogP contribution is -2.49. The van der Waals surface area contributed by atoms with Gasteiger partial charge in [-0.1, -0.05) is 85.3 Å². The third-order valence-corrected chi connectivity index (χ3v) is 8.73. The molecule has 3 atom stereocenters. The Bertz CT molecular complexity index is 1580. The molecule has 3 aliphatic rings. The van der Waals surface area contributed by atoms with Crippen molar-refractivity contribution in [3.05, 3.63) is 110 Å². The van der Waals surface area contributed by atoms with Crippen LogP contribution in [0.5, 0.6) is 0 Å². The number of nitro groups is 1. The zero-order chi connectivity index (χ0) is 27.9. The van der Waals surface area contributed by atoms with Gasteiger partial charge in [-0.25, -0.2) is 0 Å². The first kappa shape index (κ1) is 25.4. The fourth-order valence-electron chi connectivity index (χ4n) is 6.57. The van der Waals surface area contributed by atoms with Crippen molar-refractivity contribution in [3.8, 4) is 0 Å². The molecule has 8 heteroatoms. The zero-order valence-corrected chi connectivity index (χ0v) is 23.1. The molecule has 7 nitrogen and oxygen atoms in total. The van der Waals surface area contributed by atoms with Crippen LogP contribution in [0, 0.1) is 20.9 Å². The molecule has 1 fully saturated rings. The number of carbonyl (C=O) groups excluding carboxylic acids is 3. The van der Waals surface area contributed by atoms with Crippen LogP contribution in [0.2, 0.25) is 0 Å². The Morgan fingerprint density at radius 2 is 1.59 bits per heavy atom. The predicted octanol–water partition coefficient (Wildman–Crippen LogP) is 6.41. The molecule has 0 amide bonds. The van der Waals surface area contributed by atoms with Gasteiger partial charge in [0.15, 0.2) is 17.3 Å². The minimum Gasteiger partial charge on any atom is -0.352 e. The van der Waals surface area contributed by atoms with E-state index in [-0.39, 0.29) is 23.0 Å². The molecule has 6 rings (SSSR count). The highest BCUT2D eigenvalue weighted by Crippen LogP contribution is 2.61. The third-order valence-electron chi connectivity index (χ3n) is 8.24. The van der Waals surface area contributed by atoms with Crippen molar-refractivity contribution in [2.75, 3.05) is 4.90 Å². The third kappa shape index (κ3) is 3.44.